The quantitative estimate of drug-likeness (QED) is 0.148. The molecule has 0 aromatic heterocycles. The Balaban J connectivity index is 2.71. The Morgan fingerprint density at radius 1 is 0.561 bits per heavy atom. The van der Waals surface area contributed by atoms with Gasteiger partial charge in [-0.1, -0.05) is 0 Å². The molecule has 57 heavy (non-hydrogen) atoms. The topological polar surface area (TPSA) is 297 Å². The summed E-state index contributed by atoms with van der Waals surface area (Å²) < 4.78 is 66.6. The fraction of sp³-hybridized carbons (Fsp3) is 0.735. The van der Waals surface area contributed by atoms with Crippen LogP contribution in [-0.2, 0) is 95.2 Å². The van der Waals surface area contributed by atoms with Gasteiger partial charge in [0, 0.05) is 48.5 Å². The van der Waals surface area contributed by atoms with Crippen molar-refractivity contribution < 1.29 is 105 Å². The average molecular weight is 824 g/mol. The fourth-order valence-electron chi connectivity index (χ4n) is 5.42. The number of amides is 1. The number of nitrogens with one attached hydrogen (secondary N) is 1. The number of carboxylic acid groups (broad SMARTS) is 1. The molecule has 11 atom stereocenters. The number of hydrogen-bond acceptors (Lipinski definition) is 21. The lowest BCUT2D eigenvalue weighted by Crippen LogP contribution is -2.67. The highest BCUT2D eigenvalue weighted by molar-refractivity contribution is 5.80. The highest BCUT2D eigenvalue weighted by atomic mass is 16.8. The van der Waals surface area contributed by atoms with Crippen molar-refractivity contribution in [3.05, 3.63) is 0 Å². The van der Waals surface area contributed by atoms with Gasteiger partial charge in [0.2, 0.25) is 0 Å². The van der Waals surface area contributed by atoms with Crippen molar-refractivity contribution in [1.29, 1.82) is 0 Å². The third-order valence-electron chi connectivity index (χ3n) is 7.30. The molecule has 2 aliphatic rings. The van der Waals surface area contributed by atoms with Gasteiger partial charge in [0.25, 0.3) is 0 Å². The molecule has 2 fully saturated rings. The number of rotatable bonds is 16. The summed E-state index contributed by atoms with van der Waals surface area (Å²) in [6.07, 6.45) is -18.4. The van der Waals surface area contributed by atoms with Crippen molar-refractivity contribution in [1.82, 2.24) is 5.32 Å². The van der Waals surface area contributed by atoms with Gasteiger partial charge in [-0.2, -0.15) is 0 Å². The number of hydrogen-bond donors (Lipinski definition) is 2. The lowest BCUT2D eigenvalue weighted by Gasteiger charge is -2.48. The molecule has 0 aromatic carbocycles. The zero-order valence-electron chi connectivity index (χ0n) is 33.0. The van der Waals surface area contributed by atoms with Gasteiger partial charge in [-0.3, -0.25) is 33.6 Å². The van der Waals surface area contributed by atoms with Crippen molar-refractivity contribution in [3.63, 3.8) is 0 Å². The number of carbonyl (C=O) groups is 9. The zero-order chi connectivity index (χ0) is 43.4. The van der Waals surface area contributed by atoms with Crippen LogP contribution in [0.25, 0.3) is 0 Å². The minimum atomic E-state index is -1.91. The first-order valence-corrected chi connectivity index (χ1v) is 17.3. The first-order valence-electron chi connectivity index (χ1n) is 17.3. The molecule has 0 unspecified atom stereocenters. The Morgan fingerprint density at radius 2 is 0.947 bits per heavy atom. The Labute approximate surface area is 326 Å². The lowest BCUT2D eigenvalue weighted by molar-refractivity contribution is -0.361. The van der Waals surface area contributed by atoms with E-state index in [4.69, 9.17) is 56.8 Å². The van der Waals surface area contributed by atoms with Crippen LogP contribution in [0.2, 0.25) is 0 Å². The normalized spacial score (nSPS) is 27.6. The van der Waals surface area contributed by atoms with Gasteiger partial charge in [0.1, 0.15) is 37.1 Å². The molecule has 2 rings (SSSR count). The van der Waals surface area contributed by atoms with E-state index >= 15 is 0 Å². The second-order valence-corrected chi connectivity index (χ2v) is 13.5. The van der Waals surface area contributed by atoms with Gasteiger partial charge < -0.3 is 67.3 Å². The van der Waals surface area contributed by atoms with Gasteiger partial charge in [0.15, 0.2) is 49.1 Å². The molecule has 0 aliphatic carbocycles. The van der Waals surface area contributed by atoms with E-state index in [9.17, 15) is 48.3 Å². The van der Waals surface area contributed by atoms with E-state index in [1.54, 1.807) is 0 Å². The number of alkyl carbamates (subject to hydrolysis) is 1. The van der Waals surface area contributed by atoms with Crippen LogP contribution in [0.1, 0.15) is 69.2 Å². The molecule has 0 saturated carbocycles. The SMILES string of the molecule is CC(=O)OC[C@H]1O[C@@H](O[C@H]2[C@H](OC(C)=O)[C@@H](OC(C)=O)[C@H](OC[C@H](NC(=O)OC(C)(C)C)C(=O)O)O[C@@H]2COC(C)=O)[C@H](OC(C)=O)[C@@H](OC(C)=O)[C@H]1OC(C)=O. The maximum absolute atomic E-state index is 12.6. The van der Waals surface area contributed by atoms with Gasteiger partial charge in [-0.05, 0) is 20.8 Å². The summed E-state index contributed by atoms with van der Waals surface area (Å²) in [4.78, 5) is 110. The third-order valence-corrected chi connectivity index (χ3v) is 7.30. The molecular formula is C34H49NO22. The maximum atomic E-state index is 12.6. The van der Waals surface area contributed by atoms with Gasteiger partial charge in [0.05, 0.1) is 6.61 Å². The van der Waals surface area contributed by atoms with E-state index in [2.05, 4.69) is 5.32 Å². The van der Waals surface area contributed by atoms with Crippen LogP contribution in [0.15, 0.2) is 0 Å². The largest absolute Gasteiger partial charge is 0.480 e. The number of ether oxygens (including phenoxy) is 12. The van der Waals surface area contributed by atoms with Crippen molar-refractivity contribution in [2.75, 3.05) is 19.8 Å². The minimum absolute atomic E-state index is 0.642. The fourth-order valence-corrected chi connectivity index (χ4v) is 5.42. The summed E-state index contributed by atoms with van der Waals surface area (Å²) in [7, 11) is 0. The average Bonchev–Trinajstić information content (AvgIpc) is 3.04. The molecular weight excluding hydrogens is 774 g/mol. The molecule has 0 aromatic rings. The Hall–Kier alpha value is -5.13. The van der Waals surface area contributed by atoms with Crippen molar-refractivity contribution in [2.45, 2.75) is 142 Å². The molecule has 2 N–H and O–H groups in total. The Bertz CT molecular complexity index is 1490. The molecule has 23 heteroatoms. The number of carbonyl (C=O) groups excluding carboxylic acids is 8. The summed E-state index contributed by atoms with van der Waals surface area (Å²) in [6, 6.07) is -1.79. The van der Waals surface area contributed by atoms with E-state index in [1.165, 1.54) is 20.8 Å². The molecule has 23 nitrogen and oxygen atoms in total. The molecule has 2 saturated heterocycles. The van der Waals surface area contributed by atoms with Crippen LogP contribution in [0.4, 0.5) is 4.79 Å². The van der Waals surface area contributed by atoms with Crippen molar-refractivity contribution in [3.8, 4) is 0 Å². The van der Waals surface area contributed by atoms with Crippen LogP contribution in [-0.4, -0.2) is 152 Å². The van der Waals surface area contributed by atoms with Crippen molar-refractivity contribution >= 4 is 53.8 Å². The first-order chi connectivity index (χ1) is 26.4. The standard InChI is InChI=1S/C34H49NO22/c1-14(36)46-12-22-24(49-16(3)38)26(50-17(4)39)29(53-20(7)42)32(55-22)56-25-23(13-47-15(2)37)54-31(28(52-19(6)41)27(25)51-18(5)40)48-11-21(30(43)44)35-33(45)57-34(8,9)10/h21-29,31-32H,11-13H2,1-10H3,(H,35,45)(H,43,44)/t21-,22+,23+,24-,25+,26-,27-,28+,29+,31+,32-/m0/s1. The van der Waals surface area contributed by atoms with Crippen LogP contribution in [0.5, 0.6) is 0 Å². The zero-order valence-corrected chi connectivity index (χ0v) is 33.0. The summed E-state index contributed by atoms with van der Waals surface area (Å²) in [5, 5.41) is 11.9. The second-order valence-electron chi connectivity index (χ2n) is 13.5. The minimum Gasteiger partial charge on any atom is -0.480 e. The van der Waals surface area contributed by atoms with Crippen LogP contribution < -0.4 is 5.32 Å². The van der Waals surface area contributed by atoms with E-state index in [0.717, 1.165) is 48.5 Å². The number of carboxylic acids is 1. The number of aliphatic carboxylic acids is 1. The van der Waals surface area contributed by atoms with E-state index in [-0.39, 0.29) is 0 Å². The molecule has 322 valence electrons. The first kappa shape index (κ1) is 48.0. The maximum Gasteiger partial charge on any atom is 0.408 e. The molecule has 0 spiro atoms. The summed E-state index contributed by atoms with van der Waals surface area (Å²) in [5.74, 6) is -8.09. The van der Waals surface area contributed by atoms with E-state index in [1.807, 2.05) is 0 Å². The van der Waals surface area contributed by atoms with Crippen LogP contribution in [0.3, 0.4) is 0 Å². The summed E-state index contributed by atoms with van der Waals surface area (Å²) in [5.41, 5.74) is -1.01. The molecule has 2 aliphatic heterocycles. The predicted molar refractivity (Wildman–Crippen MR) is 180 cm³/mol. The summed E-state index contributed by atoms with van der Waals surface area (Å²) in [6.45, 7) is 9.40. The van der Waals surface area contributed by atoms with Gasteiger partial charge >= 0.3 is 53.8 Å². The Kier molecular flexibility index (Phi) is 18.0. The smallest absolute Gasteiger partial charge is 0.408 e. The van der Waals surface area contributed by atoms with Crippen LogP contribution in [0, 0.1) is 0 Å². The second kappa shape index (κ2) is 21.4. The molecule has 2 heterocycles. The highest BCUT2D eigenvalue weighted by Crippen LogP contribution is 2.35. The lowest BCUT2D eigenvalue weighted by atomic mass is 9.96. The highest BCUT2D eigenvalue weighted by Gasteiger charge is 2.57. The van der Waals surface area contributed by atoms with E-state index in [0.29, 0.717) is 0 Å². The molecule has 0 radical (unpaired) electrons. The molecule has 1 amide bonds. The monoisotopic (exact) mass is 823 g/mol. The van der Waals surface area contributed by atoms with E-state index < -0.39 is 147 Å². The predicted octanol–water partition coefficient (Wildman–Crippen LogP) is -0.399. The Morgan fingerprint density at radius 3 is 1.37 bits per heavy atom. The third kappa shape index (κ3) is 16.1. The van der Waals surface area contributed by atoms with Gasteiger partial charge in [-0.15, -0.1) is 0 Å². The van der Waals surface area contributed by atoms with Gasteiger partial charge in [-0.25, -0.2) is 9.59 Å². The molecule has 0 bridgehead atoms. The summed E-state index contributed by atoms with van der Waals surface area (Å²) >= 11 is 0. The van der Waals surface area contributed by atoms with Crippen LogP contribution >= 0.6 is 0 Å². The number of esters is 7. The van der Waals surface area contributed by atoms with Crippen molar-refractivity contribution in [2.24, 2.45) is 0 Å².